The molecule has 0 aromatic heterocycles. The Bertz CT molecular complexity index is 1390. The van der Waals surface area contributed by atoms with Crippen LogP contribution in [0.15, 0.2) is 127 Å². The zero-order valence-electron chi connectivity index (χ0n) is 23.8. The quantitative estimate of drug-likeness (QED) is 0.131. The Morgan fingerprint density at radius 1 is 0.800 bits per heavy atom. The summed E-state index contributed by atoms with van der Waals surface area (Å²) in [5.41, 5.74) is 5.42. The molecule has 0 saturated carbocycles. The van der Waals surface area contributed by atoms with E-state index in [1.54, 1.807) is 0 Å². The van der Waals surface area contributed by atoms with Gasteiger partial charge in [-0.05, 0) is 18.9 Å². The minimum absolute atomic E-state index is 0.826. The van der Waals surface area contributed by atoms with Crippen LogP contribution in [0.5, 0.6) is 0 Å². The molecule has 6 aromatic carbocycles. The van der Waals surface area contributed by atoms with E-state index in [2.05, 4.69) is 130 Å². The zero-order valence-corrected chi connectivity index (χ0v) is 28.8. The van der Waals surface area contributed by atoms with E-state index >= 15 is 0 Å². The van der Waals surface area contributed by atoms with Gasteiger partial charge in [-0.1, -0.05) is 74.0 Å². The molecule has 0 aliphatic heterocycles. The van der Waals surface area contributed by atoms with Crippen molar-refractivity contribution in [2.24, 2.45) is 0 Å². The molecule has 0 nitrogen and oxygen atoms in total. The summed E-state index contributed by atoms with van der Waals surface area (Å²) < 4.78 is 0. The van der Waals surface area contributed by atoms with Gasteiger partial charge in [-0.3, -0.25) is 0 Å². The Labute approximate surface area is 262 Å². The molecular weight excluding hydrogens is 623 g/mol. The van der Waals surface area contributed by atoms with Gasteiger partial charge in [0.1, 0.15) is 0 Å². The predicted molar refractivity (Wildman–Crippen MR) is 178 cm³/mol. The summed E-state index contributed by atoms with van der Waals surface area (Å²) in [6.45, 7) is 8.67. The van der Waals surface area contributed by atoms with Crippen molar-refractivity contribution in [1.29, 1.82) is 0 Å². The fraction of sp³-hybridized carbons (Fsp3) is 0.167. The third kappa shape index (κ3) is 12.1. The molecular formula is C36H37Cl2SiZr-3. The number of hydrogen-bond donors (Lipinski definition) is 0. The minimum Gasteiger partial charge on any atom is -0.184 e. The molecule has 0 amide bonds. The van der Waals surface area contributed by atoms with E-state index in [0.717, 1.165) is 9.52 Å². The summed E-state index contributed by atoms with van der Waals surface area (Å²) in [7, 11) is 11.0. The minimum atomic E-state index is -0.826. The summed E-state index contributed by atoms with van der Waals surface area (Å²) >= 11 is -0.826. The first-order valence-corrected chi connectivity index (χ1v) is 21.7. The average molecular weight is 660 g/mol. The third-order valence-electron chi connectivity index (χ3n) is 5.87. The second kappa shape index (κ2) is 20.6. The first-order valence-electron chi connectivity index (χ1n) is 13.4. The van der Waals surface area contributed by atoms with Crippen LogP contribution in [0.25, 0.3) is 32.7 Å². The topological polar surface area (TPSA) is 0 Å². The van der Waals surface area contributed by atoms with Crippen molar-refractivity contribution in [2.75, 3.05) is 0 Å². The molecule has 0 N–H and O–H groups in total. The maximum Gasteiger partial charge on any atom is -0.0809 e. The molecule has 4 heteroatoms. The standard InChI is InChI=1S/C19H19.C9H7.C6H5.C2H6Si.2ClH.Zr/c1-3-5-15-12-17-6-4-7-18(19(17)13-15)16-10-8-14(2)9-11-16;1-2-5-9-7-3-6-8(9)4-1;1-2-4-6-5-3-1;1-3-2;;;/h4,6-13H,3,5H2,1-2H3;1-7H;1-5H;1-2H3;2*1H;/q3*-1;;;;+2/p-2. The van der Waals surface area contributed by atoms with Crippen LogP contribution in [0.3, 0.4) is 0 Å². The summed E-state index contributed by atoms with van der Waals surface area (Å²) in [6.07, 6.45) is 2.37. The zero-order chi connectivity index (χ0) is 29.0. The van der Waals surface area contributed by atoms with E-state index in [1.165, 1.54) is 56.6 Å². The first kappa shape index (κ1) is 34.0. The van der Waals surface area contributed by atoms with Crippen LogP contribution in [0.1, 0.15) is 24.5 Å². The molecule has 0 bridgehead atoms. The number of fused-ring (bicyclic) bond motifs is 2. The van der Waals surface area contributed by atoms with Crippen molar-refractivity contribution >= 4 is 48.1 Å². The molecule has 0 aliphatic rings. The first-order chi connectivity index (χ1) is 19.6. The molecule has 0 atom stereocenters. The van der Waals surface area contributed by atoms with Gasteiger partial charge in [-0.15, -0.1) is 64.2 Å². The van der Waals surface area contributed by atoms with Crippen LogP contribution in [0.4, 0.5) is 0 Å². The molecule has 0 unspecified atom stereocenters. The third-order valence-corrected chi connectivity index (χ3v) is 5.87. The maximum atomic E-state index is 4.93. The number of benzene rings is 4. The molecule has 0 fully saturated rings. The van der Waals surface area contributed by atoms with Crippen molar-refractivity contribution in [3.8, 4) is 11.1 Å². The van der Waals surface area contributed by atoms with Crippen LogP contribution in [0, 0.1) is 13.0 Å². The van der Waals surface area contributed by atoms with Crippen LogP contribution in [-0.2, 0) is 27.3 Å². The number of halogens is 2. The monoisotopic (exact) mass is 657 g/mol. The van der Waals surface area contributed by atoms with Crippen LogP contribution in [0.2, 0.25) is 13.1 Å². The van der Waals surface area contributed by atoms with E-state index in [0.29, 0.717) is 0 Å². The van der Waals surface area contributed by atoms with Crippen LogP contribution in [-0.4, -0.2) is 9.52 Å². The average Bonchev–Trinajstić information content (AvgIpc) is 3.63. The Morgan fingerprint density at radius 3 is 2.02 bits per heavy atom. The molecule has 0 aliphatic carbocycles. The summed E-state index contributed by atoms with van der Waals surface area (Å²) in [5.74, 6) is 0. The fourth-order valence-corrected chi connectivity index (χ4v) is 4.13. The molecule has 2 radical (unpaired) electrons. The van der Waals surface area contributed by atoms with Gasteiger partial charge in [0.15, 0.2) is 0 Å². The van der Waals surface area contributed by atoms with E-state index in [1.807, 2.05) is 30.3 Å². The van der Waals surface area contributed by atoms with E-state index < -0.39 is 20.8 Å². The molecule has 0 heterocycles. The SMILES string of the molecule is CCCc1cc2c(-c3ccc(C)cc3)cccc2[cH-]1.C[Si]C.[Cl][Zr][Cl].[c-]1ccccc1.c1ccc2[cH-]ccc2c1. The number of hydrogen-bond acceptors (Lipinski definition) is 0. The van der Waals surface area contributed by atoms with Crippen LogP contribution >= 0.6 is 17.0 Å². The van der Waals surface area contributed by atoms with Crippen molar-refractivity contribution in [3.63, 3.8) is 0 Å². The Balaban J connectivity index is 0.000000220. The molecule has 0 saturated heterocycles. The van der Waals surface area contributed by atoms with Crippen molar-refractivity contribution in [1.82, 2.24) is 0 Å². The van der Waals surface area contributed by atoms with Gasteiger partial charge >= 0.3 is 37.9 Å². The Morgan fingerprint density at radius 2 is 1.45 bits per heavy atom. The molecule has 6 rings (SSSR count). The predicted octanol–water partition coefficient (Wildman–Crippen LogP) is 11.7. The van der Waals surface area contributed by atoms with Gasteiger partial charge in [-0.2, -0.15) is 60.0 Å². The Kier molecular flexibility index (Phi) is 17.5. The maximum absolute atomic E-state index is 4.93. The smallest absolute Gasteiger partial charge is 0.0809 e. The molecule has 6 aromatic rings. The van der Waals surface area contributed by atoms with Gasteiger partial charge < -0.3 is 0 Å². The van der Waals surface area contributed by atoms with E-state index in [4.69, 9.17) is 17.0 Å². The van der Waals surface area contributed by atoms with Crippen LogP contribution < -0.4 is 0 Å². The van der Waals surface area contributed by atoms with Gasteiger partial charge in [0, 0.05) is 9.52 Å². The van der Waals surface area contributed by atoms with Gasteiger partial charge in [0.2, 0.25) is 0 Å². The van der Waals surface area contributed by atoms with Crippen molar-refractivity contribution in [2.45, 2.75) is 39.8 Å². The number of rotatable bonds is 3. The number of aryl methyl sites for hydroxylation is 2. The van der Waals surface area contributed by atoms with E-state index in [9.17, 15) is 0 Å². The fourth-order valence-electron chi connectivity index (χ4n) is 4.13. The van der Waals surface area contributed by atoms with Crippen molar-refractivity contribution < 1.29 is 20.8 Å². The van der Waals surface area contributed by atoms with Crippen molar-refractivity contribution in [3.05, 3.63) is 145 Å². The van der Waals surface area contributed by atoms with Gasteiger partial charge in [-0.25, -0.2) is 0 Å². The molecule has 40 heavy (non-hydrogen) atoms. The molecule has 206 valence electrons. The van der Waals surface area contributed by atoms with E-state index in [-0.39, 0.29) is 0 Å². The second-order valence-electron chi connectivity index (χ2n) is 9.09. The summed E-state index contributed by atoms with van der Waals surface area (Å²) in [6, 6.07) is 47.3. The van der Waals surface area contributed by atoms with Gasteiger partial charge in [0.25, 0.3) is 0 Å². The Hall–Kier alpha value is -2.22. The second-order valence-corrected chi connectivity index (χ2v) is 13.8. The summed E-state index contributed by atoms with van der Waals surface area (Å²) in [5, 5.41) is 5.41. The van der Waals surface area contributed by atoms with Gasteiger partial charge in [0.05, 0.1) is 0 Å². The normalized spacial score (nSPS) is 9.55. The molecule has 0 spiro atoms. The largest absolute Gasteiger partial charge is 0.184 e. The summed E-state index contributed by atoms with van der Waals surface area (Å²) in [4.78, 5) is 0.